The summed E-state index contributed by atoms with van der Waals surface area (Å²) in [4.78, 5) is 2.68. The minimum Gasteiger partial charge on any atom is -0.135 e. The van der Waals surface area contributed by atoms with Crippen molar-refractivity contribution in [3.05, 3.63) is 130 Å². The second kappa shape index (κ2) is 6.76. The Morgan fingerprint density at radius 1 is 0.529 bits per heavy atom. The average molecular weight is 489 g/mol. The zero-order chi connectivity index (χ0) is 22.4. The predicted molar refractivity (Wildman–Crippen MR) is 146 cm³/mol. The highest BCUT2D eigenvalue weighted by Crippen LogP contribution is 2.62. The maximum atomic E-state index is 6.35. The first-order valence-electron chi connectivity index (χ1n) is 11.4. The molecule has 0 N–H and O–H groups in total. The van der Waals surface area contributed by atoms with Crippen LogP contribution >= 0.6 is 34.7 Å². The van der Waals surface area contributed by atoms with Gasteiger partial charge in [0.05, 0.1) is 5.41 Å². The third-order valence-corrected chi connectivity index (χ3v) is 9.89. The van der Waals surface area contributed by atoms with Gasteiger partial charge in [-0.25, -0.2) is 0 Å². The van der Waals surface area contributed by atoms with E-state index in [1.165, 1.54) is 63.3 Å². The largest absolute Gasteiger partial charge is 0.135 e. The van der Waals surface area contributed by atoms with E-state index >= 15 is 0 Å². The molecular formula is C31H17ClS2. The highest BCUT2D eigenvalue weighted by atomic mass is 35.5. The molecule has 8 rings (SSSR count). The van der Waals surface area contributed by atoms with Crippen LogP contribution in [0.1, 0.15) is 22.3 Å². The molecule has 0 nitrogen and oxygen atoms in total. The van der Waals surface area contributed by atoms with E-state index in [9.17, 15) is 0 Å². The topological polar surface area (TPSA) is 0 Å². The molecule has 3 heteroatoms. The van der Waals surface area contributed by atoms with Crippen molar-refractivity contribution in [3.63, 3.8) is 0 Å². The fraction of sp³-hybridized carbons (Fsp3) is 0.0323. The molecule has 2 aliphatic rings. The van der Waals surface area contributed by atoms with Crippen LogP contribution in [0.25, 0.3) is 31.3 Å². The molecule has 0 atom stereocenters. The summed E-state index contributed by atoms with van der Waals surface area (Å²) in [6, 6.07) is 38.1. The van der Waals surface area contributed by atoms with Gasteiger partial charge in [-0.05, 0) is 63.7 Å². The molecular weight excluding hydrogens is 472 g/mol. The van der Waals surface area contributed by atoms with E-state index in [-0.39, 0.29) is 5.41 Å². The Hall–Kier alpha value is -3.04. The Kier molecular flexibility index (Phi) is 3.84. The molecule has 0 radical (unpaired) electrons. The Morgan fingerprint density at radius 2 is 1.18 bits per heavy atom. The number of rotatable bonds is 0. The Labute approximate surface area is 210 Å². The van der Waals surface area contributed by atoms with Crippen LogP contribution in [-0.4, -0.2) is 0 Å². The molecule has 0 fully saturated rings. The SMILES string of the molecule is Clc1ccc2c(c1)sc1cc3c(cc12)C1(c2ccccc2S3)c2ccccc2-c2ccccc21. The van der Waals surface area contributed by atoms with Crippen molar-refractivity contribution in [2.45, 2.75) is 15.2 Å². The molecule has 1 aliphatic heterocycles. The summed E-state index contributed by atoms with van der Waals surface area (Å²) in [5.74, 6) is 0. The van der Waals surface area contributed by atoms with Gasteiger partial charge in [-0.15, -0.1) is 11.3 Å². The normalized spacial score (nSPS) is 14.7. The van der Waals surface area contributed by atoms with Gasteiger partial charge >= 0.3 is 0 Å². The lowest BCUT2D eigenvalue weighted by Crippen LogP contribution is -2.31. The van der Waals surface area contributed by atoms with E-state index in [1.54, 1.807) is 0 Å². The summed E-state index contributed by atoms with van der Waals surface area (Å²) in [5.41, 5.74) is 7.89. The van der Waals surface area contributed by atoms with Gasteiger partial charge in [0.2, 0.25) is 0 Å². The van der Waals surface area contributed by atoms with Crippen LogP contribution in [-0.2, 0) is 5.41 Å². The standard InChI is InChI=1S/C31H17ClS2/c32-18-13-14-21-22-16-26-30(17-29(22)34-28(21)15-18)33-27-12-6-5-11-25(27)31(26)23-9-3-1-7-19(23)20-8-2-4-10-24(20)31/h1-17H. The third-order valence-electron chi connectivity index (χ3n) is 7.40. The van der Waals surface area contributed by atoms with Gasteiger partial charge in [0, 0.05) is 35.0 Å². The van der Waals surface area contributed by atoms with Crippen LogP contribution in [0.5, 0.6) is 0 Å². The molecule has 34 heavy (non-hydrogen) atoms. The van der Waals surface area contributed by atoms with Crippen LogP contribution in [0.4, 0.5) is 0 Å². The van der Waals surface area contributed by atoms with Crippen molar-refractivity contribution in [2.24, 2.45) is 0 Å². The van der Waals surface area contributed by atoms with Crippen molar-refractivity contribution in [3.8, 4) is 11.1 Å². The van der Waals surface area contributed by atoms with Crippen molar-refractivity contribution in [1.82, 2.24) is 0 Å². The highest BCUT2D eigenvalue weighted by Gasteiger charge is 2.50. The van der Waals surface area contributed by atoms with Gasteiger partial charge in [-0.3, -0.25) is 0 Å². The van der Waals surface area contributed by atoms with Crippen molar-refractivity contribution in [2.75, 3.05) is 0 Å². The maximum Gasteiger partial charge on any atom is 0.0735 e. The second-order valence-electron chi connectivity index (χ2n) is 9.03. The van der Waals surface area contributed by atoms with E-state index in [0.29, 0.717) is 0 Å². The number of hydrogen-bond donors (Lipinski definition) is 0. The molecule has 0 saturated heterocycles. The minimum absolute atomic E-state index is 0.320. The smallest absolute Gasteiger partial charge is 0.0735 e. The van der Waals surface area contributed by atoms with Crippen LogP contribution in [0, 0.1) is 0 Å². The molecule has 160 valence electrons. The number of hydrogen-bond acceptors (Lipinski definition) is 2. The molecule has 2 heterocycles. The van der Waals surface area contributed by atoms with Crippen molar-refractivity contribution < 1.29 is 0 Å². The third kappa shape index (κ3) is 2.31. The van der Waals surface area contributed by atoms with Gasteiger partial charge < -0.3 is 0 Å². The van der Waals surface area contributed by atoms with E-state index in [1.807, 2.05) is 29.2 Å². The van der Waals surface area contributed by atoms with Crippen LogP contribution in [0.3, 0.4) is 0 Å². The molecule has 1 aromatic heterocycles. The summed E-state index contributed by atoms with van der Waals surface area (Å²) in [5, 5.41) is 3.39. The van der Waals surface area contributed by atoms with E-state index in [4.69, 9.17) is 11.6 Å². The number of halogens is 1. The van der Waals surface area contributed by atoms with Gasteiger partial charge in [0.15, 0.2) is 0 Å². The summed E-state index contributed by atoms with van der Waals surface area (Å²) in [7, 11) is 0. The summed E-state index contributed by atoms with van der Waals surface area (Å²) in [6.07, 6.45) is 0. The molecule has 1 spiro atoms. The van der Waals surface area contributed by atoms with E-state index < -0.39 is 0 Å². The first-order chi connectivity index (χ1) is 16.7. The monoisotopic (exact) mass is 488 g/mol. The molecule has 0 bridgehead atoms. The van der Waals surface area contributed by atoms with Crippen LogP contribution in [0.2, 0.25) is 5.02 Å². The second-order valence-corrected chi connectivity index (χ2v) is 11.6. The molecule has 6 aromatic rings. The van der Waals surface area contributed by atoms with Crippen LogP contribution in [0.15, 0.2) is 113 Å². The molecule has 1 aliphatic carbocycles. The lowest BCUT2D eigenvalue weighted by atomic mass is 9.67. The zero-order valence-corrected chi connectivity index (χ0v) is 20.4. The summed E-state index contributed by atoms with van der Waals surface area (Å²) >= 11 is 10.1. The van der Waals surface area contributed by atoms with Crippen LogP contribution < -0.4 is 0 Å². The molecule has 0 unspecified atom stereocenters. The molecule has 5 aromatic carbocycles. The van der Waals surface area contributed by atoms with E-state index in [0.717, 1.165) is 5.02 Å². The van der Waals surface area contributed by atoms with Gasteiger partial charge in [0.1, 0.15) is 0 Å². The molecule has 0 saturated carbocycles. The highest BCUT2D eigenvalue weighted by molar-refractivity contribution is 7.99. The average Bonchev–Trinajstić information content (AvgIpc) is 3.36. The first kappa shape index (κ1) is 19.3. The maximum absolute atomic E-state index is 6.35. The number of benzene rings is 5. The van der Waals surface area contributed by atoms with E-state index in [2.05, 4.69) is 97.1 Å². The minimum atomic E-state index is -0.320. The van der Waals surface area contributed by atoms with Gasteiger partial charge in [-0.1, -0.05) is 96.2 Å². The Morgan fingerprint density at radius 3 is 1.94 bits per heavy atom. The lowest BCUT2D eigenvalue weighted by Gasteiger charge is -2.39. The Balaban J connectivity index is 1.58. The number of thiophene rings is 1. The van der Waals surface area contributed by atoms with Gasteiger partial charge in [-0.2, -0.15) is 0 Å². The fourth-order valence-corrected chi connectivity index (χ4v) is 8.79. The lowest BCUT2D eigenvalue weighted by molar-refractivity contribution is 0.724. The summed E-state index contributed by atoms with van der Waals surface area (Å²) in [6.45, 7) is 0. The number of fused-ring (bicyclic) bond motifs is 12. The summed E-state index contributed by atoms with van der Waals surface area (Å²) < 4.78 is 2.56. The quantitative estimate of drug-likeness (QED) is 0.205. The van der Waals surface area contributed by atoms with Crippen molar-refractivity contribution in [1.29, 1.82) is 0 Å². The fourth-order valence-electron chi connectivity index (χ4n) is 6.10. The van der Waals surface area contributed by atoms with Gasteiger partial charge in [0.25, 0.3) is 0 Å². The van der Waals surface area contributed by atoms with Crippen molar-refractivity contribution >= 4 is 54.9 Å². The molecule has 0 amide bonds. The predicted octanol–water partition coefficient (Wildman–Crippen LogP) is 9.54. The first-order valence-corrected chi connectivity index (χ1v) is 13.4. The Bertz CT molecular complexity index is 1760. The zero-order valence-electron chi connectivity index (χ0n) is 18.0.